The summed E-state index contributed by atoms with van der Waals surface area (Å²) in [5, 5.41) is 0. The zero-order valence-electron chi connectivity index (χ0n) is 12.9. The minimum absolute atomic E-state index is 0.0626. The van der Waals surface area contributed by atoms with Gasteiger partial charge in [0.25, 0.3) is 0 Å². The Kier molecular flexibility index (Phi) is 6.10. The fraction of sp³-hybridized carbons (Fsp3) is 0.250. The molecule has 0 heterocycles. The molecule has 0 unspecified atom stereocenters. The molecule has 0 aliphatic carbocycles. The van der Waals surface area contributed by atoms with Gasteiger partial charge >= 0.3 is 6.61 Å². The summed E-state index contributed by atoms with van der Waals surface area (Å²) >= 11 is 0. The normalized spacial score (nSPS) is 11.5. The quantitative estimate of drug-likeness (QED) is 0.789. The molecular formula is C16H17F2NO4S. The Balaban J connectivity index is 1.90. The third kappa shape index (κ3) is 5.17. The van der Waals surface area contributed by atoms with Crippen LogP contribution in [0.5, 0.6) is 11.5 Å². The van der Waals surface area contributed by atoms with Gasteiger partial charge in [0.2, 0.25) is 10.0 Å². The Hall–Kier alpha value is -2.19. The second kappa shape index (κ2) is 8.07. The van der Waals surface area contributed by atoms with Crippen LogP contribution in [0.25, 0.3) is 0 Å². The highest BCUT2D eigenvalue weighted by atomic mass is 32.2. The number of halogens is 2. The molecule has 0 aliphatic heterocycles. The molecule has 0 aromatic heterocycles. The lowest BCUT2D eigenvalue weighted by molar-refractivity contribution is -0.0498. The molecule has 0 fully saturated rings. The monoisotopic (exact) mass is 357 g/mol. The third-order valence-electron chi connectivity index (χ3n) is 3.22. The number of rotatable bonds is 8. The Morgan fingerprint density at radius 3 is 2.12 bits per heavy atom. The van der Waals surface area contributed by atoms with Crippen molar-refractivity contribution in [2.45, 2.75) is 17.9 Å². The van der Waals surface area contributed by atoms with Crippen molar-refractivity contribution < 1.29 is 26.7 Å². The van der Waals surface area contributed by atoms with Crippen LogP contribution >= 0.6 is 0 Å². The molecule has 0 atom stereocenters. The van der Waals surface area contributed by atoms with Crippen LogP contribution in [0.4, 0.5) is 8.78 Å². The molecule has 0 bridgehead atoms. The molecule has 2 aromatic rings. The van der Waals surface area contributed by atoms with Crippen molar-refractivity contribution in [3.05, 3.63) is 54.1 Å². The van der Waals surface area contributed by atoms with E-state index in [4.69, 9.17) is 4.74 Å². The molecule has 2 rings (SSSR count). The summed E-state index contributed by atoms with van der Waals surface area (Å²) < 4.78 is 60.1. The molecule has 24 heavy (non-hydrogen) atoms. The molecule has 130 valence electrons. The molecular weight excluding hydrogens is 340 g/mol. The minimum Gasteiger partial charge on any atom is -0.497 e. The SMILES string of the molecule is COc1ccc(S(=O)(=O)NCCc2ccc(OC(F)F)cc2)cc1. The van der Waals surface area contributed by atoms with E-state index in [2.05, 4.69) is 9.46 Å². The van der Waals surface area contributed by atoms with Gasteiger partial charge in [-0.3, -0.25) is 0 Å². The zero-order valence-corrected chi connectivity index (χ0v) is 13.7. The highest BCUT2D eigenvalue weighted by Gasteiger charge is 2.13. The average Bonchev–Trinajstić information content (AvgIpc) is 2.56. The lowest BCUT2D eigenvalue weighted by atomic mass is 10.1. The van der Waals surface area contributed by atoms with Crippen LogP contribution in [0.1, 0.15) is 5.56 Å². The Morgan fingerprint density at radius 1 is 1.00 bits per heavy atom. The third-order valence-corrected chi connectivity index (χ3v) is 4.70. The largest absolute Gasteiger partial charge is 0.497 e. The molecule has 5 nitrogen and oxygen atoms in total. The molecule has 0 spiro atoms. The number of nitrogens with one attached hydrogen (secondary N) is 1. The van der Waals surface area contributed by atoms with E-state index >= 15 is 0 Å². The lowest BCUT2D eigenvalue weighted by Gasteiger charge is -2.08. The van der Waals surface area contributed by atoms with Gasteiger partial charge in [0.15, 0.2) is 0 Å². The topological polar surface area (TPSA) is 64.6 Å². The molecule has 8 heteroatoms. The van der Waals surface area contributed by atoms with E-state index in [1.165, 1.54) is 31.4 Å². The summed E-state index contributed by atoms with van der Waals surface area (Å²) in [6, 6.07) is 12.1. The summed E-state index contributed by atoms with van der Waals surface area (Å²) in [7, 11) is -2.11. The molecule has 0 radical (unpaired) electrons. The van der Waals surface area contributed by atoms with Crippen LogP contribution in [-0.4, -0.2) is 28.7 Å². The van der Waals surface area contributed by atoms with Gasteiger partial charge in [-0.15, -0.1) is 0 Å². The van der Waals surface area contributed by atoms with E-state index < -0.39 is 16.6 Å². The molecule has 0 saturated carbocycles. The number of alkyl halides is 2. The number of benzene rings is 2. The highest BCUT2D eigenvalue weighted by Crippen LogP contribution is 2.16. The van der Waals surface area contributed by atoms with Crippen LogP contribution in [-0.2, 0) is 16.4 Å². The molecule has 2 aromatic carbocycles. The lowest BCUT2D eigenvalue weighted by Crippen LogP contribution is -2.25. The van der Waals surface area contributed by atoms with Crippen LogP contribution in [0.3, 0.4) is 0 Å². The van der Waals surface area contributed by atoms with Crippen LogP contribution in [0, 0.1) is 0 Å². The van der Waals surface area contributed by atoms with Gasteiger partial charge in [-0.25, -0.2) is 13.1 Å². The first-order valence-corrected chi connectivity index (χ1v) is 8.56. The number of ether oxygens (including phenoxy) is 2. The average molecular weight is 357 g/mol. The van der Waals surface area contributed by atoms with E-state index in [1.807, 2.05) is 0 Å². The maximum atomic E-state index is 12.1. The first-order chi connectivity index (χ1) is 11.4. The van der Waals surface area contributed by atoms with Crippen molar-refractivity contribution in [3.63, 3.8) is 0 Å². The van der Waals surface area contributed by atoms with Gasteiger partial charge in [-0.05, 0) is 48.4 Å². The van der Waals surface area contributed by atoms with E-state index in [0.717, 1.165) is 5.56 Å². The van der Waals surface area contributed by atoms with Crippen LogP contribution < -0.4 is 14.2 Å². The Morgan fingerprint density at radius 2 is 1.58 bits per heavy atom. The predicted molar refractivity (Wildman–Crippen MR) is 85.0 cm³/mol. The van der Waals surface area contributed by atoms with Gasteiger partial charge in [0, 0.05) is 6.54 Å². The van der Waals surface area contributed by atoms with Gasteiger partial charge in [0.05, 0.1) is 12.0 Å². The van der Waals surface area contributed by atoms with Crippen molar-refractivity contribution in [2.24, 2.45) is 0 Å². The van der Waals surface area contributed by atoms with E-state index in [1.54, 1.807) is 24.3 Å². The number of sulfonamides is 1. The van der Waals surface area contributed by atoms with Crippen molar-refractivity contribution in [1.29, 1.82) is 0 Å². The standard InChI is InChI=1S/C16H17F2NO4S/c1-22-13-6-8-15(9-7-13)24(20,21)19-11-10-12-2-4-14(5-3-12)23-16(17)18/h2-9,16,19H,10-11H2,1H3. The summed E-state index contributed by atoms with van der Waals surface area (Å²) in [5.74, 6) is 0.632. The zero-order chi connectivity index (χ0) is 17.6. The van der Waals surface area contributed by atoms with Crippen LogP contribution in [0.2, 0.25) is 0 Å². The summed E-state index contributed by atoms with van der Waals surface area (Å²) in [4.78, 5) is 0.143. The smallest absolute Gasteiger partial charge is 0.387 e. The second-order valence-electron chi connectivity index (χ2n) is 4.85. The summed E-state index contributed by atoms with van der Waals surface area (Å²) in [6.07, 6.45) is 0.421. The second-order valence-corrected chi connectivity index (χ2v) is 6.61. The summed E-state index contributed by atoms with van der Waals surface area (Å²) in [5.41, 5.74) is 0.800. The van der Waals surface area contributed by atoms with Crippen molar-refractivity contribution in [3.8, 4) is 11.5 Å². The van der Waals surface area contributed by atoms with E-state index in [-0.39, 0.29) is 17.2 Å². The van der Waals surface area contributed by atoms with Gasteiger partial charge in [-0.1, -0.05) is 12.1 Å². The minimum atomic E-state index is -3.61. The van der Waals surface area contributed by atoms with Gasteiger partial charge in [0.1, 0.15) is 11.5 Å². The van der Waals surface area contributed by atoms with Gasteiger partial charge < -0.3 is 9.47 Å². The number of hydrogen-bond donors (Lipinski definition) is 1. The first-order valence-electron chi connectivity index (χ1n) is 7.08. The number of methoxy groups -OCH3 is 1. The maximum Gasteiger partial charge on any atom is 0.387 e. The summed E-state index contributed by atoms with van der Waals surface area (Å²) in [6.45, 7) is -2.68. The van der Waals surface area contributed by atoms with Crippen LogP contribution in [0.15, 0.2) is 53.4 Å². The molecule has 0 aliphatic rings. The first kappa shape index (κ1) is 18.2. The van der Waals surface area contributed by atoms with E-state index in [0.29, 0.717) is 12.2 Å². The van der Waals surface area contributed by atoms with Crippen molar-refractivity contribution >= 4 is 10.0 Å². The number of hydrogen-bond acceptors (Lipinski definition) is 4. The fourth-order valence-electron chi connectivity index (χ4n) is 2.01. The fourth-order valence-corrected chi connectivity index (χ4v) is 3.04. The molecule has 0 amide bonds. The predicted octanol–water partition coefficient (Wildman–Crippen LogP) is 2.82. The van der Waals surface area contributed by atoms with E-state index in [9.17, 15) is 17.2 Å². The van der Waals surface area contributed by atoms with Crippen molar-refractivity contribution in [2.75, 3.05) is 13.7 Å². The molecule has 1 N–H and O–H groups in total. The maximum absolute atomic E-state index is 12.1. The van der Waals surface area contributed by atoms with Crippen molar-refractivity contribution in [1.82, 2.24) is 4.72 Å². The molecule has 0 saturated heterocycles. The Labute approximate surface area is 139 Å². The van der Waals surface area contributed by atoms with Gasteiger partial charge in [-0.2, -0.15) is 8.78 Å². The Bertz CT molecular complexity index is 747. The highest BCUT2D eigenvalue weighted by molar-refractivity contribution is 7.89.